The molecule has 1 unspecified atom stereocenters. The van der Waals surface area contributed by atoms with E-state index in [2.05, 4.69) is 20.6 Å². The molecule has 0 fully saturated rings. The summed E-state index contributed by atoms with van der Waals surface area (Å²) in [5, 5.41) is 6.64. The van der Waals surface area contributed by atoms with Crippen molar-refractivity contribution in [3.63, 3.8) is 0 Å². The SMILES string of the molecule is COC(=O)Nc1ccc(C2=NNC(=O)CC2C)cc1. The van der Waals surface area contributed by atoms with Crippen LogP contribution in [0.3, 0.4) is 0 Å². The predicted octanol–water partition coefficient (Wildman–Crippen LogP) is 1.72. The van der Waals surface area contributed by atoms with Crippen LogP contribution in [0.4, 0.5) is 10.5 Å². The number of hydrogen-bond donors (Lipinski definition) is 2. The Balaban J connectivity index is 2.14. The van der Waals surface area contributed by atoms with E-state index < -0.39 is 6.09 Å². The van der Waals surface area contributed by atoms with Gasteiger partial charge in [0.15, 0.2) is 0 Å². The Kier molecular flexibility index (Phi) is 3.79. The molecule has 0 bridgehead atoms. The number of hydrogen-bond acceptors (Lipinski definition) is 4. The first kappa shape index (κ1) is 13.1. The van der Waals surface area contributed by atoms with Crippen LogP contribution in [0.2, 0.25) is 0 Å². The highest BCUT2D eigenvalue weighted by Crippen LogP contribution is 2.18. The minimum atomic E-state index is -0.511. The van der Waals surface area contributed by atoms with Crippen molar-refractivity contribution >= 4 is 23.4 Å². The molecule has 1 aliphatic heterocycles. The maximum atomic E-state index is 11.2. The number of hydrazone groups is 1. The highest BCUT2D eigenvalue weighted by molar-refractivity contribution is 6.06. The number of carbonyl (C=O) groups is 2. The van der Waals surface area contributed by atoms with E-state index >= 15 is 0 Å². The topological polar surface area (TPSA) is 79.8 Å². The van der Waals surface area contributed by atoms with Gasteiger partial charge in [0.2, 0.25) is 5.91 Å². The van der Waals surface area contributed by atoms with E-state index in [1.165, 1.54) is 7.11 Å². The number of methoxy groups -OCH3 is 1. The third-order valence-electron chi connectivity index (χ3n) is 2.87. The van der Waals surface area contributed by atoms with Crippen molar-refractivity contribution in [1.82, 2.24) is 5.43 Å². The molecule has 100 valence electrons. The van der Waals surface area contributed by atoms with Crippen LogP contribution in [0.1, 0.15) is 18.9 Å². The lowest BCUT2D eigenvalue weighted by Gasteiger charge is -2.19. The van der Waals surface area contributed by atoms with E-state index in [4.69, 9.17) is 0 Å². The van der Waals surface area contributed by atoms with Crippen LogP contribution in [-0.2, 0) is 9.53 Å². The minimum Gasteiger partial charge on any atom is -0.453 e. The summed E-state index contributed by atoms with van der Waals surface area (Å²) >= 11 is 0. The summed E-state index contributed by atoms with van der Waals surface area (Å²) in [6.07, 6.45) is -0.0792. The zero-order valence-corrected chi connectivity index (χ0v) is 10.8. The number of nitrogens with one attached hydrogen (secondary N) is 2. The lowest BCUT2D eigenvalue weighted by atomic mass is 9.94. The van der Waals surface area contributed by atoms with Gasteiger partial charge in [0.1, 0.15) is 0 Å². The average Bonchev–Trinajstić information content (AvgIpc) is 2.40. The molecule has 1 aliphatic rings. The van der Waals surface area contributed by atoms with E-state index in [0.29, 0.717) is 12.1 Å². The first-order valence-electron chi connectivity index (χ1n) is 5.92. The first-order chi connectivity index (χ1) is 9.10. The Bertz CT molecular complexity index is 522. The third kappa shape index (κ3) is 3.09. The van der Waals surface area contributed by atoms with Crippen molar-refractivity contribution in [2.45, 2.75) is 13.3 Å². The standard InChI is InChI=1S/C13H15N3O3/c1-8-7-11(17)15-16-12(8)9-3-5-10(6-4-9)14-13(18)19-2/h3-6,8H,7H2,1-2H3,(H,14,18)(H,15,17). The molecule has 6 heteroatoms. The number of benzene rings is 1. The van der Waals surface area contributed by atoms with Gasteiger partial charge in [0.25, 0.3) is 0 Å². The molecule has 19 heavy (non-hydrogen) atoms. The van der Waals surface area contributed by atoms with Crippen LogP contribution in [0.15, 0.2) is 29.4 Å². The van der Waals surface area contributed by atoms with Crippen LogP contribution in [0.25, 0.3) is 0 Å². The number of nitrogens with zero attached hydrogens (tertiary/aromatic N) is 1. The van der Waals surface area contributed by atoms with Crippen LogP contribution in [-0.4, -0.2) is 24.8 Å². The zero-order valence-electron chi connectivity index (χ0n) is 10.8. The molecule has 2 rings (SSSR count). The van der Waals surface area contributed by atoms with Crippen molar-refractivity contribution in [3.05, 3.63) is 29.8 Å². The van der Waals surface area contributed by atoms with Gasteiger partial charge < -0.3 is 4.74 Å². The Hall–Kier alpha value is -2.37. The molecule has 2 amide bonds. The predicted molar refractivity (Wildman–Crippen MR) is 70.9 cm³/mol. The zero-order chi connectivity index (χ0) is 13.8. The summed E-state index contributed by atoms with van der Waals surface area (Å²) in [5.41, 5.74) is 4.88. The number of rotatable bonds is 2. The number of ether oxygens (including phenoxy) is 1. The average molecular weight is 261 g/mol. The van der Waals surface area contributed by atoms with Gasteiger partial charge in [-0.1, -0.05) is 19.1 Å². The largest absolute Gasteiger partial charge is 0.453 e. The Labute approximate surface area is 110 Å². The summed E-state index contributed by atoms with van der Waals surface area (Å²) in [7, 11) is 1.31. The first-order valence-corrected chi connectivity index (χ1v) is 5.92. The molecule has 1 heterocycles. The van der Waals surface area contributed by atoms with Crippen molar-refractivity contribution in [1.29, 1.82) is 0 Å². The molecule has 0 saturated heterocycles. The van der Waals surface area contributed by atoms with Gasteiger partial charge in [0, 0.05) is 18.0 Å². The molecule has 0 spiro atoms. The van der Waals surface area contributed by atoms with E-state index in [1.54, 1.807) is 12.1 Å². The van der Waals surface area contributed by atoms with Crippen molar-refractivity contribution in [2.75, 3.05) is 12.4 Å². The van der Waals surface area contributed by atoms with Crippen LogP contribution >= 0.6 is 0 Å². The minimum absolute atomic E-state index is 0.0692. The lowest BCUT2D eigenvalue weighted by Crippen LogP contribution is -2.31. The maximum absolute atomic E-state index is 11.2. The molecular formula is C13H15N3O3. The second kappa shape index (κ2) is 5.51. The smallest absolute Gasteiger partial charge is 0.411 e. The van der Waals surface area contributed by atoms with Gasteiger partial charge in [0.05, 0.1) is 12.8 Å². The molecule has 0 saturated carbocycles. The fourth-order valence-electron chi connectivity index (χ4n) is 1.90. The normalized spacial score (nSPS) is 18.3. The molecule has 0 radical (unpaired) electrons. The molecule has 6 nitrogen and oxygen atoms in total. The van der Waals surface area contributed by atoms with Gasteiger partial charge in [-0.3, -0.25) is 10.1 Å². The van der Waals surface area contributed by atoms with Gasteiger partial charge in [-0.15, -0.1) is 0 Å². The summed E-state index contributed by atoms with van der Waals surface area (Å²) in [6.45, 7) is 1.96. The highest BCUT2D eigenvalue weighted by atomic mass is 16.5. The van der Waals surface area contributed by atoms with E-state index in [9.17, 15) is 9.59 Å². The van der Waals surface area contributed by atoms with Gasteiger partial charge in [-0.25, -0.2) is 10.2 Å². The van der Waals surface area contributed by atoms with Crippen LogP contribution in [0, 0.1) is 5.92 Å². The molecule has 2 N–H and O–H groups in total. The molecular weight excluding hydrogens is 246 g/mol. The summed E-state index contributed by atoms with van der Waals surface area (Å²) < 4.78 is 4.51. The fourth-order valence-corrected chi connectivity index (χ4v) is 1.90. The fraction of sp³-hybridized carbons (Fsp3) is 0.308. The maximum Gasteiger partial charge on any atom is 0.411 e. The second-order valence-corrected chi connectivity index (χ2v) is 4.33. The monoisotopic (exact) mass is 261 g/mol. The molecule has 1 aromatic carbocycles. The number of amides is 2. The summed E-state index contributed by atoms with van der Waals surface area (Å²) in [4.78, 5) is 22.2. The molecule has 0 aliphatic carbocycles. The quantitative estimate of drug-likeness (QED) is 0.850. The number of carbonyl (C=O) groups excluding carboxylic acids is 2. The molecule has 0 aromatic heterocycles. The van der Waals surface area contributed by atoms with E-state index in [-0.39, 0.29) is 11.8 Å². The van der Waals surface area contributed by atoms with Crippen molar-refractivity contribution in [3.8, 4) is 0 Å². The van der Waals surface area contributed by atoms with Crippen LogP contribution in [0.5, 0.6) is 0 Å². The number of anilines is 1. The lowest BCUT2D eigenvalue weighted by molar-refractivity contribution is -0.121. The van der Waals surface area contributed by atoms with Crippen molar-refractivity contribution < 1.29 is 14.3 Å². The Morgan fingerprint density at radius 1 is 1.42 bits per heavy atom. The van der Waals surface area contributed by atoms with Gasteiger partial charge in [-0.05, 0) is 17.7 Å². The van der Waals surface area contributed by atoms with E-state index in [0.717, 1.165) is 11.3 Å². The highest BCUT2D eigenvalue weighted by Gasteiger charge is 2.21. The Morgan fingerprint density at radius 3 is 2.68 bits per heavy atom. The summed E-state index contributed by atoms with van der Waals surface area (Å²) in [5.74, 6) is 0.00777. The molecule has 1 aromatic rings. The second-order valence-electron chi connectivity index (χ2n) is 4.33. The van der Waals surface area contributed by atoms with Gasteiger partial charge in [-0.2, -0.15) is 5.10 Å². The Morgan fingerprint density at radius 2 is 2.11 bits per heavy atom. The van der Waals surface area contributed by atoms with Crippen molar-refractivity contribution in [2.24, 2.45) is 11.0 Å². The third-order valence-corrected chi connectivity index (χ3v) is 2.87. The summed E-state index contributed by atoms with van der Waals surface area (Å²) in [6, 6.07) is 7.21. The van der Waals surface area contributed by atoms with E-state index in [1.807, 2.05) is 19.1 Å². The molecule has 1 atom stereocenters. The van der Waals surface area contributed by atoms with Gasteiger partial charge >= 0.3 is 6.09 Å². The van der Waals surface area contributed by atoms with Crippen LogP contribution < -0.4 is 10.7 Å².